The van der Waals surface area contributed by atoms with Crippen LogP contribution in [0.5, 0.6) is 0 Å². The predicted molar refractivity (Wildman–Crippen MR) is 91.5 cm³/mol. The second-order valence-corrected chi connectivity index (χ2v) is 7.79. The number of nitrogens with zero attached hydrogens (tertiary/aromatic N) is 3. The average molecular weight is 333 g/mol. The van der Waals surface area contributed by atoms with Gasteiger partial charge >= 0.3 is 0 Å². The topological polar surface area (TPSA) is 28.6 Å². The van der Waals surface area contributed by atoms with Gasteiger partial charge in [-0.25, -0.2) is 4.39 Å². The molecule has 0 bridgehead atoms. The van der Waals surface area contributed by atoms with E-state index in [2.05, 4.69) is 21.7 Å². The van der Waals surface area contributed by atoms with Gasteiger partial charge in [-0.3, -0.25) is 9.88 Å². The molecule has 1 saturated carbocycles. The third-order valence-electron chi connectivity index (χ3n) is 5.98. The van der Waals surface area contributed by atoms with E-state index in [1.54, 1.807) is 12.3 Å². The van der Waals surface area contributed by atoms with Crippen LogP contribution in [0.25, 0.3) is 0 Å². The standard InChI is InChI=1S/C19H28FN3O/c1-2-22-14-18(6-7-18)24-19(15-22)8-12-23(13-9-19)11-5-17-16(20)4-3-10-21-17/h3-4,10H,2,5-9,11-15H2,1H3. The maximum atomic E-state index is 13.7. The minimum atomic E-state index is -0.184. The number of hydrogen-bond donors (Lipinski definition) is 0. The van der Waals surface area contributed by atoms with Crippen molar-refractivity contribution in [2.45, 2.75) is 50.2 Å². The summed E-state index contributed by atoms with van der Waals surface area (Å²) in [7, 11) is 0. The molecule has 3 heterocycles. The van der Waals surface area contributed by atoms with Crippen molar-refractivity contribution in [3.8, 4) is 0 Å². The molecule has 0 unspecified atom stereocenters. The summed E-state index contributed by atoms with van der Waals surface area (Å²) in [5.74, 6) is -0.184. The van der Waals surface area contributed by atoms with Gasteiger partial charge in [-0.05, 0) is 44.4 Å². The van der Waals surface area contributed by atoms with Gasteiger partial charge in [0.1, 0.15) is 5.82 Å². The van der Waals surface area contributed by atoms with E-state index in [1.807, 2.05) is 0 Å². The van der Waals surface area contributed by atoms with Crippen LogP contribution in [0.15, 0.2) is 18.3 Å². The summed E-state index contributed by atoms with van der Waals surface area (Å²) in [6.07, 6.45) is 7.01. The number of morpholine rings is 1. The average Bonchev–Trinajstić information content (AvgIpc) is 3.33. The molecule has 1 aromatic rings. The molecule has 132 valence electrons. The van der Waals surface area contributed by atoms with E-state index < -0.39 is 0 Å². The molecule has 1 aliphatic carbocycles. The minimum absolute atomic E-state index is 0.0531. The van der Waals surface area contributed by atoms with E-state index in [0.717, 1.165) is 52.1 Å². The van der Waals surface area contributed by atoms with Crippen LogP contribution in [0.4, 0.5) is 4.39 Å². The molecule has 0 N–H and O–H groups in total. The summed E-state index contributed by atoms with van der Waals surface area (Å²) >= 11 is 0. The molecule has 3 aliphatic rings. The first kappa shape index (κ1) is 16.4. The number of hydrogen-bond acceptors (Lipinski definition) is 4. The molecule has 2 saturated heterocycles. The first-order valence-electron chi connectivity index (χ1n) is 9.36. The Balaban J connectivity index is 1.32. The van der Waals surface area contributed by atoms with Gasteiger partial charge in [0.2, 0.25) is 0 Å². The summed E-state index contributed by atoms with van der Waals surface area (Å²) in [6, 6.07) is 3.15. The zero-order valence-electron chi connectivity index (χ0n) is 14.6. The summed E-state index contributed by atoms with van der Waals surface area (Å²) < 4.78 is 20.3. The van der Waals surface area contributed by atoms with Gasteiger partial charge in [-0.1, -0.05) is 6.92 Å². The van der Waals surface area contributed by atoms with E-state index in [9.17, 15) is 4.39 Å². The van der Waals surface area contributed by atoms with Gasteiger partial charge < -0.3 is 9.64 Å². The normalized spacial score (nSPS) is 26.1. The van der Waals surface area contributed by atoms with E-state index in [-0.39, 0.29) is 17.0 Å². The lowest BCUT2D eigenvalue weighted by Gasteiger charge is -2.50. The Hall–Kier alpha value is -1.04. The summed E-state index contributed by atoms with van der Waals surface area (Å²) in [5, 5.41) is 0. The molecule has 0 aromatic carbocycles. The number of likely N-dealkylation sites (N-methyl/N-ethyl adjacent to an activating group) is 1. The number of pyridine rings is 1. The number of ether oxygens (including phenoxy) is 1. The fourth-order valence-corrected chi connectivity index (χ4v) is 4.33. The van der Waals surface area contributed by atoms with Gasteiger partial charge in [-0.15, -0.1) is 0 Å². The van der Waals surface area contributed by atoms with E-state index >= 15 is 0 Å². The Bertz CT molecular complexity index is 582. The number of piperidine rings is 1. The Kier molecular flexibility index (Phi) is 4.35. The first-order valence-corrected chi connectivity index (χ1v) is 9.36. The number of aromatic nitrogens is 1. The summed E-state index contributed by atoms with van der Waals surface area (Å²) in [5.41, 5.74) is 0.811. The Morgan fingerprint density at radius 2 is 1.83 bits per heavy atom. The lowest BCUT2D eigenvalue weighted by Crippen LogP contribution is -2.60. The lowest BCUT2D eigenvalue weighted by molar-refractivity contribution is -0.187. The van der Waals surface area contributed by atoms with Crippen LogP contribution in [0.1, 0.15) is 38.3 Å². The molecule has 3 fully saturated rings. The van der Waals surface area contributed by atoms with Crippen molar-refractivity contribution < 1.29 is 9.13 Å². The van der Waals surface area contributed by atoms with Crippen LogP contribution >= 0.6 is 0 Å². The molecule has 5 heteroatoms. The van der Waals surface area contributed by atoms with Crippen molar-refractivity contribution >= 4 is 0 Å². The van der Waals surface area contributed by atoms with Crippen LogP contribution < -0.4 is 0 Å². The molecular weight excluding hydrogens is 305 g/mol. The Morgan fingerprint density at radius 1 is 1.12 bits per heavy atom. The highest BCUT2D eigenvalue weighted by Gasteiger charge is 2.55. The third-order valence-corrected chi connectivity index (χ3v) is 5.98. The Morgan fingerprint density at radius 3 is 2.46 bits per heavy atom. The quantitative estimate of drug-likeness (QED) is 0.846. The summed E-state index contributed by atoms with van der Waals surface area (Å²) in [6.45, 7) is 8.54. The van der Waals surface area contributed by atoms with Gasteiger partial charge in [0.15, 0.2) is 0 Å². The zero-order valence-corrected chi connectivity index (χ0v) is 14.6. The highest BCUT2D eigenvalue weighted by atomic mass is 19.1. The molecule has 0 atom stereocenters. The second-order valence-electron chi connectivity index (χ2n) is 7.79. The largest absolute Gasteiger partial charge is 0.366 e. The molecule has 2 spiro atoms. The number of likely N-dealkylation sites (tertiary alicyclic amines) is 1. The second kappa shape index (κ2) is 6.36. The first-order chi connectivity index (χ1) is 11.6. The van der Waals surface area contributed by atoms with Crippen molar-refractivity contribution in [2.75, 3.05) is 39.3 Å². The molecule has 0 amide bonds. The minimum Gasteiger partial charge on any atom is -0.366 e. The molecule has 24 heavy (non-hydrogen) atoms. The van der Waals surface area contributed by atoms with Gasteiger partial charge in [0, 0.05) is 45.3 Å². The molecule has 1 aromatic heterocycles. The smallest absolute Gasteiger partial charge is 0.144 e. The fraction of sp³-hybridized carbons (Fsp3) is 0.737. The molecular formula is C19H28FN3O. The van der Waals surface area contributed by atoms with Crippen molar-refractivity contribution in [2.24, 2.45) is 0 Å². The predicted octanol–water partition coefficient (Wildman–Crippen LogP) is 2.48. The van der Waals surface area contributed by atoms with Gasteiger partial charge in [0.25, 0.3) is 0 Å². The highest BCUT2D eigenvalue weighted by Crippen LogP contribution is 2.48. The van der Waals surface area contributed by atoms with Crippen LogP contribution in [0.3, 0.4) is 0 Å². The SMILES string of the molecule is CCN1CC2(CCN(CCc3ncccc3F)CC2)OC2(CC2)C1. The molecule has 4 rings (SSSR count). The van der Waals surface area contributed by atoms with Crippen molar-refractivity contribution in [3.63, 3.8) is 0 Å². The summed E-state index contributed by atoms with van der Waals surface area (Å²) in [4.78, 5) is 9.18. The molecule has 0 radical (unpaired) electrons. The lowest BCUT2D eigenvalue weighted by atomic mass is 9.88. The van der Waals surface area contributed by atoms with E-state index in [0.29, 0.717) is 12.1 Å². The maximum Gasteiger partial charge on any atom is 0.144 e. The monoisotopic (exact) mass is 333 g/mol. The van der Waals surface area contributed by atoms with Crippen LogP contribution in [-0.4, -0.2) is 65.3 Å². The van der Waals surface area contributed by atoms with Crippen molar-refractivity contribution in [1.82, 2.24) is 14.8 Å². The zero-order chi connectivity index (χ0) is 16.6. The highest BCUT2D eigenvalue weighted by molar-refractivity contribution is 5.09. The Labute approximate surface area is 144 Å². The molecule has 2 aliphatic heterocycles. The van der Waals surface area contributed by atoms with Crippen molar-refractivity contribution in [1.29, 1.82) is 0 Å². The van der Waals surface area contributed by atoms with Crippen LogP contribution in [-0.2, 0) is 11.2 Å². The fourth-order valence-electron chi connectivity index (χ4n) is 4.33. The van der Waals surface area contributed by atoms with Crippen LogP contribution in [0, 0.1) is 5.82 Å². The van der Waals surface area contributed by atoms with E-state index in [4.69, 9.17) is 4.74 Å². The van der Waals surface area contributed by atoms with Crippen molar-refractivity contribution in [3.05, 3.63) is 29.8 Å². The van der Waals surface area contributed by atoms with Crippen LogP contribution in [0.2, 0.25) is 0 Å². The van der Waals surface area contributed by atoms with E-state index in [1.165, 1.54) is 18.9 Å². The van der Waals surface area contributed by atoms with Gasteiger partial charge in [-0.2, -0.15) is 0 Å². The maximum absolute atomic E-state index is 13.7. The number of rotatable bonds is 4. The molecule has 4 nitrogen and oxygen atoms in total. The number of halogens is 1. The third kappa shape index (κ3) is 3.35. The van der Waals surface area contributed by atoms with Gasteiger partial charge in [0.05, 0.1) is 16.9 Å².